The number of hydrogen-bond acceptors (Lipinski definition) is 3. The topological polar surface area (TPSA) is 16.1 Å². The van der Waals surface area contributed by atoms with E-state index in [0.29, 0.717) is 5.88 Å². The average Bonchev–Trinajstić information content (AvgIpc) is 2.81. The van der Waals surface area contributed by atoms with Crippen LogP contribution in [-0.4, -0.2) is 12.0 Å². The van der Waals surface area contributed by atoms with Gasteiger partial charge < -0.3 is 4.90 Å². The highest BCUT2D eigenvalue weighted by Gasteiger charge is 2.08. The summed E-state index contributed by atoms with van der Waals surface area (Å²) in [5.74, 6) is 0.540. The van der Waals surface area contributed by atoms with Crippen LogP contribution < -0.4 is 4.90 Å². The van der Waals surface area contributed by atoms with E-state index < -0.39 is 0 Å². The number of nitrogens with zero attached hydrogens (tertiary/aromatic N) is 2. The van der Waals surface area contributed by atoms with Crippen LogP contribution in [0, 0.1) is 6.92 Å². The van der Waals surface area contributed by atoms with Gasteiger partial charge in [-0.15, -0.1) is 22.9 Å². The Hall–Kier alpha value is -1.06. The van der Waals surface area contributed by atoms with Gasteiger partial charge in [0.1, 0.15) is 0 Å². The third-order valence-corrected chi connectivity index (χ3v) is 3.60. The molecule has 1 aromatic heterocycles. The van der Waals surface area contributed by atoms with Gasteiger partial charge in [-0.05, 0) is 18.6 Å². The van der Waals surface area contributed by atoms with E-state index in [1.165, 1.54) is 16.8 Å². The summed E-state index contributed by atoms with van der Waals surface area (Å²) in [6, 6.07) is 6.38. The Bertz CT molecular complexity index is 482. The molecule has 1 heterocycles. The Labute approximate surface area is 111 Å². The lowest BCUT2D eigenvalue weighted by atomic mass is 10.1. The molecule has 0 aliphatic rings. The Morgan fingerprint density at radius 1 is 1.41 bits per heavy atom. The summed E-state index contributed by atoms with van der Waals surface area (Å²) in [4.78, 5) is 6.49. The number of alkyl halides is 1. The van der Waals surface area contributed by atoms with E-state index in [0.717, 1.165) is 12.2 Å². The molecule has 0 N–H and O–H groups in total. The molecule has 0 unspecified atom stereocenters. The molecular weight excluding hydrogens is 252 g/mol. The summed E-state index contributed by atoms with van der Waals surface area (Å²) in [5.41, 5.74) is 6.55. The van der Waals surface area contributed by atoms with Crippen molar-refractivity contribution in [3.8, 4) is 0 Å². The minimum Gasteiger partial charge on any atom is -0.368 e. The third-order valence-electron chi connectivity index (χ3n) is 2.67. The number of aryl methyl sites for hydroxylation is 1. The van der Waals surface area contributed by atoms with Crippen molar-refractivity contribution in [3.05, 3.63) is 45.9 Å². The molecule has 0 amide bonds. The molecule has 2 aromatic rings. The zero-order chi connectivity index (χ0) is 12.3. The van der Waals surface area contributed by atoms with Gasteiger partial charge in [0, 0.05) is 24.0 Å². The summed E-state index contributed by atoms with van der Waals surface area (Å²) >= 11 is 7.62. The molecule has 1 aromatic carbocycles. The van der Waals surface area contributed by atoms with Crippen molar-refractivity contribution in [2.24, 2.45) is 0 Å². The SMILES string of the molecule is Cc1ccc(N(C)Cc2cscn2)c(CCl)c1. The number of rotatable bonds is 4. The van der Waals surface area contributed by atoms with Gasteiger partial charge in [0.15, 0.2) is 0 Å². The molecule has 2 nitrogen and oxygen atoms in total. The molecule has 0 fully saturated rings. The molecule has 0 saturated carbocycles. The Morgan fingerprint density at radius 3 is 2.88 bits per heavy atom. The number of benzene rings is 1. The van der Waals surface area contributed by atoms with Crippen molar-refractivity contribution in [2.75, 3.05) is 11.9 Å². The Kier molecular flexibility index (Phi) is 4.02. The molecule has 0 aliphatic heterocycles. The second-order valence-corrected chi connectivity index (χ2v) is 5.09. The van der Waals surface area contributed by atoms with Crippen LogP contribution in [0.1, 0.15) is 16.8 Å². The Balaban J connectivity index is 2.21. The van der Waals surface area contributed by atoms with Crippen LogP contribution in [0.3, 0.4) is 0 Å². The van der Waals surface area contributed by atoms with Crippen molar-refractivity contribution in [1.82, 2.24) is 4.98 Å². The summed E-state index contributed by atoms with van der Waals surface area (Å²) in [6.45, 7) is 2.90. The monoisotopic (exact) mass is 266 g/mol. The van der Waals surface area contributed by atoms with Crippen LogP contribution in [0.15, 0.2) is 29.1 Å². The number of thiazole rings is 1. The molecule has 90 valence electrons. The first-order valence-corrected chi connectivity index (χ1v) is 6.92. The van der Waals surface area contributed by atoms with Crippen LogP contribution in [-0.2, 0) is 12.4 Å². The van der Waals surface area contributed by atoms with E-state index in [9.17, 15) is 0 Å². The molecule has 4 heteroatoms. The Morgan fingerprint density at radius 2 is 2.24 bits per heavy atom. The zero-order valence-corrected chi connectivity index (χ0v) is 11.6. The van der Waals surface area contributed by atoms with E-state index in [2.05, 4.69) is 47.4 Å². The molecule has 0 aliphatic carbocycles. The maximum Gasteiger partial charge on any atom is 0.0795 e. The standard InChI is InChI=1S/C13H15ClN2S/c1-10-3-4-13(11(5-10)6-14)16(2)7-12-8-17-9-15-12/h3-5,8-9H,6-7H2,1-2H3. The van der Waals surface area contributed by atoms with Crippen LogP contribution in [0.2, 0.25) is 0 Å². The van der Waals surface area contributed by atoms with Gasteiger partial charge >= 0.3 is 0 Å². The summed E-state index contributed by atoms with van der Waals surface area (Å²) in [6.07, 6.45) is 0. The van der Waals surface area contributed by atoms with Gasteiger partial charge in [0.05, 0.1) is 17.7 Å². The van der Waals surface area contributed by atoms with Crippen LogP contribution in [0.5, 0.6) is 0 Å². The van der Waals surface area contributed by atoms with Crippen molar-refractivity contribution < 1.29 is 0 Å². The highest BCUT2D eigenvalue weighted by Crippen LogP contribution is 2.24. The summed E-state index contributed by atoms with van der Waals surface area (Å²) in [7, 11) is 2.07. The zero-order valence-electron chi connectivity index (χ0n) is 9.98. The maximum atomic E-state index is 5.99. The van der Waals surface area contributed by atoms with Crippen molar-refractivity contribution in [3.63, 3.8) is 0 Å². The highest BCUT2D eigenvalue weighted by molar-refractivity contribution is 7.07. The predicted molar refractivity (Wildman–Crippen MR) is 75.0 cm³/mol. The van der Waals surface area contributed by atoms with E-state index in [1.54, 1.807) is 11.3 Å². The molecule has 17 heavy (non-hydrogen) atoms. The molecule has 0 radical (unpaired) electrons. The number of aromatic nitrogens is 1. The predicted octanol–water partition coefficient (Wildman–Crippen LogP) is 3.83. The van der Waals surface area contributed by atoms with Gasteiger partial charge in [-0.3, -0.25) is 0 Å². The van der Waals surface area contributed by atoms with Gasteiger partial charge in [0.2, 0.25) is 0 Å². The van der Waals surface area contributed by atoms with E-state index in [4.69, 9.17) is 11.6 Å². The smallest absolute Gasteiger partial charge is 0.0795 e. The molecule has 0 bridgehead atoms. The first-order valence-electron chi connectivity index (χ1n) is 5.44. The van der Waals surface area contributed by atoms with Crippen LogP contribution >= 0.6 is 22.9 Å². The molecule has 0 atom stereocenters. The normalized spacial score (nSPS) is 10.5. The molecule has 0 spiro atoms. The number of hydrogen-bond donors (Lipinski definition) is 0. The highest BCUT2D eigenvalue weighted by atomic mass is 35.5. The van der Waals surface area contributed by atoms with Gasteiger partial charge in [-0.1, -0.05) is 17.7 Å². The third kappa shape index (κ3) is 2.99. The first kappa shape index (κ1) is 12.4. The van der Waals surface area contributed by atoms with Crippen LogP contribution in [0.25, 0.3) is 0 Å². The van der Waals surface area contributed by atoms with Crippen LogP contribution in [0.4, 0.5) is 5.69 Å². The average molecular weight is 267 g/mol. The maximum absolute atomic E-state index is 5.99. The van der Waals surface area contributed by atoms with E-state index >= 15 is 0 Å². The fourth-order valence-electron chi connectivity index (χ4n) is 1.84. The lowest BCUT2D eigenvalue weighted by Crippen LogP contribution is -2.18. The first-order chi connectivity index (χ1) is 8.20. The van der Waals surface area contributed by atoms with E-state index in [1.807, 2.05) is 5.51 Å². The molecule has 0 saturated heterocycles. The number of anilines is 1. The summed E-state index contributed by atoms with van der Waals surface area (Å²) in [5, 5.41) is 2.07. The summed E-state index contributed by atoms with van der Waals surface area (Å²) < 4.78 is 0. The lowest BCUT2D eigenvalue weighted by Gasteiger charge is -2.21. The van der Waals surface area contributed by atoms with Gasteiger partial charge in [-0.2, -0.15) is 0 Å². The minimum atomic E-state index is 0.540. The van der Waals surface area contributed by atoms with Gasteiger partial charge in [-0.25, -0.2) is 4.98 Å². The quantitative estimate of drug-likeness (QED) is 0.782. The van der Waals surface area contributed by atoms with Gasteiger partial charge in [0.25, 0.3) is 0 Å². The van der Waals surface area contributed by atoms with Crippen molar-refractivity contribution >= 4 is 28.6 Å². The van der Waals surface area contributed by atoms with Crippen molar-refractivity contribution in [1.29, 1.82) is 0 Å². The van der Waals surface area contributed by atoms with Crippen molar-refractivity contribution in [2.45, 2.75) is 19.3 Å². The number of halogens is 1. The second-order valence-electron chi connectivity index (χ2n) is 4.10. The second kappa shape index (κ2) is 5.52. The largest absolute Gasteiger partial charge is 0.368 e. The minimum absolute atomic E-state index is 0.540. The molecular formula is C13H15ClN2S. The fraction of sp³-hybridized carbons (Fsp3) is 0.308. The van der Waals surface area contributed by atoms with E-state index in [-0.39, 0.29) is 0 Å². The lowest BCUT2D eigenvalue weighted by molar-refractivity contribution is 0.888. The molecule has 2 rings (SSSR count). The fourth-order valence-corrected chi connectivity index (χ4v) is 2.60.